The number of anilines is 2. The van der Waals surface area contributed by atoms with Crippen molar-refractivity contribution in [3.63, 3.8) is 0 Å². The van der Waals surface area contributed by atoms with Gasteiger partial charge in [-0.3, -0.25) is 9.78 Å². The monoisotopic (exact) mass is 477 g/mol. The van der Waals surface area contributed by atoms with E-state index in [1.165, 1.54) is 29.3 Å². The summed E-state index contributed by atoms with van der Waals surface area (Å²) in [5, 5.41) is 11.4. The Morgan fingerprint density at radius 3 is 2.33 bits per heavy atom. The van der Waals surface area contributed by atoms with E-state index in [9.17, 15) is 36.2 Å². The van der Waals surface area contributed by atoms with E-state index in [-0.39, 0.29) is 18.8 Å². The molecule has 4 N–H and O–H groups in total. The molecule has 0 radical (unpaired) electrons. The van der Waals surface area contributed by atoms with Gasteiger partial charge in [0, 0.05) is 24.8 Å². The number of aromatic nitrogens is 2. The van der Waals surface area contributed by atoms with Crippen molar-refractivity contribution in [1.82, 2.24) is 15.3 Å². The first kappa shape index (κ1) is 24.6. The number of nitrogens with zero attached hydrogens (tertiary/aromatic N) is 3. The van der Waals surface area contributed by atoms with Crippen molar-refractivity contribution in [3.8, 4) is 11.3 Å². The average Bonchev–Trinajstić information content (AvgIpc) is 3.25. The number of halogens is 6. The maximum atomic E-state index is 14.2. The van der Waals surface area contributed by atoms with Gasteiger partial charge in [0.05, 0.1) is 17.9 Å². The van der Waals surface area contributed by atoms with Crippen LogP contribution in [0.2, 0.25) is 0 Å². The Balaban J connectivity index is 2.17. The molecule has 2 aromatic rings. The second-order valence-corrected chi connectivity index (χ2v) is 7.81. The molecule has 0 bridgehead atoms. The van der Waals surface area contributed by atoms with Crippen molar-refractivity contribution < 1.29 is 36.2 Å². The lowest BCUT2D eigenvalue weighted by molar-refractivity contribution is -0.249. The molecule has 0 spiro atoms. The number of hydrogen-bond acceptors (Lipinski definition) is 6. The maximum Gasteiger partial charge on any atom is 0.420 e. The molecule has 3 heterocycles. The van der Waals surface area contributed by atoms with Crippen LogP contribution in [0.15, 0.2) is 24.4 Å². The van der Waals surface area contributed by atoms with Gasteiger partial charge >= 0.3 is 12.4 Å². The Morgan fingerprint density at radius 2 is 1.82 bits per heavy atom. The zero-order valence-corrected chi connectivity index (χ0v) is 17.4. The molecule has 7 nitrogen and oxygen atoms in total. The van der Waals surface area contributed by atoms with Crippen molar-refractivity contribution in [2.24, 2.45) is 0 Å². The molecular weight excluding hydrogens is 456 g/mol. The van der Waals surface area contributed by atoms with E-state index < -0.39 is 58.7 Å². The lowest BCUT2D eigenvalue weighted by atomic mass is 9.99. The molecule has 13 heteroatoms. The largest absolute Gasteiger partial charge is 0.420 e. The van der Waals surface area contributed by atoms with Crippen LogP contribution >= 0.6 is 0 Å². The Morgan fingerprint density at radius 1 is 1.18 bits per heavy atom. The van der Waals surface area contributed by atoms with Crippen LogP contribution in [-0.2, 0) is 6.18 Å². The third kappa shape index (κ3) is 4.97. The van der Waals surface area contributed by atoms with Gasteiger partial charge in [-0.1, -0.05) is 6.07 Å². The highest BCUT2D eigenvalue weighted by Gasteiger charge is 2.50. The average molecular weight is 477 g/mol. The molecular formula is C20H21F6N5O2. The molecule has 180 valence electrons. The van der Waals surface area contributed by atoms with Gasteiger partial charge in [0.1, 0.15) is 11.4 Å². The lowest BCUT2D eigenvalue weighted by Crippen LogP contribution is -2.51. The van der Waals surface area contributed by atoms with Crippen LogP contribution in [0.5, 0.6) is 0 Å². The first-order valence-corrected chi connectivity index (χ1v) is 9.88. The molecule has 0 aliphatic carbocycles. The number of pyridine rings is 2. The van der Waals surface area contributed by atoms with Crippen LogP contribution in [0.3, 0.4) is 0 Å². The molecule has 1 saturated heterocycles. The van der Waals surface area contributed by atoms with Crippen molar-refractivity contribution >= 4 is 17.4 Å². The summed E-state index contributed by atoms with van der Waals surface area (Å²) >= 11 is 0. The zero-order valence-electron chi connectivity index (χ0n) is 17.4. The SMILES string of the molecule is CC(O)(CNC(=O)c1nc(N2CCCC2)c(C(F)(F)F)c(-c2ccccn2)c1N)C(F)(F)F. The molecule has 1 unspecified atom stereocenters. The first-order valence-electron chi connectivity index (χ1n) is 9.88. The van der Waals surface area contributed by atoms with Crippen molar-refractivity contribution in [3.05, 3.63) is 35.7 Å². The van der Waals surface area contributed by atoms with Crippen molar-refractivity contribution in [1.29, 1.82) is 0 Å². The van der Waals surface area contributed by atoms with Gasteiger partial charge in [-0.2, -0.15) is 26.3 Å². The number of nitrogens with one attached hydrogen (secondary N) is 1. The van der Waals surface area contributed by atoms with Crippen molar-refractivity contribution in [2.45, 2.75) is 37.7 Å². The van der Waals surface area contributed by atoms with Gasteiger partial charge in [-0.25, -0.2) is 4.98 Å². The van der Waals surface area contributed by atoms with Gasteiger partial charge in [0.15, 0.2) is 11.3 Å². The van der Waals surface area contributed by atoms with Crippen molar-refractivity contribution in [2.75, 3.05) is 30.3 Å². The number of alkyl halides is 6. The molecule has 1 aliphatic heterocycles. The summed E-state index contributed by atoms with van der Waals surface area (Å²) < 4.78 is 81.3. The second-order valence-electron chi connectivity index (χ2n) is 7.81. The third-order valence-corrected chi connectivity index (χ3v) is 5.24. The summed E-state index contributed by atoms with van der Waals surface area (Å²) in [6.45, 7) is -0.321. The minimum atomic E-state index is -5.06. The molecule has 1 aliphatic rings. The molecule has 0 saturated carbocycles. The van der Waals surface area contributed by atoms with E-state index in [1.54, 1.807) is 0 Å². The predicted octanol–water partition coefficient (Wildman–Crippen LogP) is 3.39. The normalized spacial score (nSPS) is 16.5. The summed E-state index contributed by atoms with van der Waals surface area (Å²) in [6.07, 6.45) is -7.54. The topological polar surface area (TPSA) is 104 Å². The van der Waals surface area contributed by atoms with Gasteiger partial charge in [-0.15, -0.1) is 0 Å². The predicted molar refractivity (Wildman–Crippen MR) is 107 cm³/mol. The number of aliphatic hydroxyl groups is 1. The summed E-state index contributed by atoms with van der Waals surface area (Å²) in [5.41, 5.74) is -0.661. The van der Waals surface area contributed by atoms with Crippen LogP contribution in [0.4, 0.5) is 37.8 Å². The van der Waals surface area contributed by atoms with E-state index in [4.69, 9.17) is 5.73 Å². The highest BCUT2D eigenvalue weighted by molar-refractivity contribution is 6.02. The van der Waals surface area contributed by atoms with E-state index >= 15 is 0 Å². The van der Waals surface area contributed by atoms with E-state index in [0.717, 1.165) is 0 Å². The Bertz CT molecular complexity index is 1020. The number of nitrogens with two attached hydrogens (primary N) is 1. The molecule has 3 rings (SSSR count). The highest BCUT2D eigenvalue weighted by atomic mass is 19.4. The number of nitrogen functional groups attached to an aromatic ring is 1. The van der Waals surface area contributed by atoms with Gasteiger partial charge in [0.2, 0.25) is 0 Å². The van der Waals surface area contributed by atoms with Gasteiger partial charge in [-0.05, 0) is 31.9 Å². The molecule has 33 heavy (non-hydrogen) atoms. The summed E-state index contributed by atoms with van der Waals surface area (Å²) in [5.74, 6) is -1.81. The van der Waals surface area contributed by atoms with Crippen LogP contribution in [0.25, 0.3) is 11.3 Å². The lowest BCUT2D eigenvalue weighted by Gasteiger charge is -2.27. The number of amides is 1. The quantitative estimate of drug-likeness (QED) is 0.571. The van der Waals surface area contributed by atoms with Gasteiger partial charge < -0.3 is 21.1 Å². The molecule has 1 fully saturated rings. The van der Waals surface area contributed by atoms with E-state index in [2.05, 4.69) is 9.97 Å². The fraction of sp³-hybridized carbons (Fsp3) is 0.450. The summed E-state index contributed by atoms with van der Waals surface area (Å²) in [4.78, 5) is 21.8. The molecule has 0 aromatic carbocycles. The van der Waals surface area contributed by atoms with Crippen LogP contribution in [0.1, 0.15) is 35.8 Å². The summed E-state index contributed by atoms with van der Waals surface area (Å²) in [6, 6.07) is 4.17. The summed E-state index contributed by atoms with van der Waals surface area (Å²) in [7, 11) is 0. The number of rotatable bonds is 5. The number of carbonyl (C=O) groups is 1. The zero-order chi connectivity index (χ0) is 24.6. The Labute approximate surface area is 184 Å². The fourth-order valence-electron chi connectivity index (χ4n) is 3.40. The third-order valence-electron chi connectivity index (χ3n) is 5.24. The van der Waals surface area contributed by atoms with Gasteiger partial charge in [0.25, 0.3) is 5.91 Å². The smallest absolute Gasteiger partial charge is 0.396 e. The highest BCUT2D eigenvalue weighted by Crippen LogP contribution is 2.46. The molecule has 1 atom stereocenters. The van der Waals surface area contributed by atoms with Crippen LogP contribution < -0.4 is 16.0 Å². The van der Waals surface area contributed by atoms with E-state index in [0.29, 0.717) is 19.8 Å². The van der Waals surface area contributed by atoms with Crippen LogP contribution in [0, 0.1) is 0 Å². The second kappa shape index (κ2) is 8.69. The van der Waals surface area contributed by atoms with Crippen LogP contribution in [-0.4, -0.2) is 52.4 Å². The Kier molecular flexibility index (Phi) is 6.46. The maximum absolute atomic E-state index is 14.2. The number of carbonyl (C=O) groups excluding carboxylic acids is 1. The Hall–Kier alpha value is -3.09. The van der Waals surface area contributed by atoms with E-state index in [1.807, 2.05) is 5.32 Å². The molecule has 1 amide bonds. The fourth-order valence-corrected chi connectivity index (χ4v) is 3.40. The molecule has 2 aromatic heterocycles. The standard InChI is InChI=1S/C20H21F6N5O2/c1-18(33,20(24,25)26)10-29-17(32)15-14(27)12(11-6-2-3-7-28-11)13(19(21,22)23)16(30-15)31-8-4-5-9-31/h2-3,6-7,33H,4-5,8-10,27H2,1H3,(H,29,32). The minimum absolute atomic E-state index is 0.179. The minimum Gasteiger partial charge on any atom is -0.396 e. The number of hydrogen-bond donors (Lipinski definition) is 3. The first-order chi connectivity index (χ1) is 15.2.